The van der Waals surface area contributed by atoms with E-state index in [9.17, 15) is 14.4 Å². The van der Waals surface area contributed by atoms with Crippen molar-refractivity contribution in [3.05, 3.63) is 52.5 Å². The Kier molecular flexibility index (Phi) is 5.48. The summed E-state index contributed by atoms with van der Waals surface area (Å²) in [6, 6.07) is 12.1. The first-order chi connectivity index (χ1) is 13.9. The van der Waals surface area contributed by atoms with Crippen molar-refractivity contribution in [3.8, 4) is 0 Å². The first-order valence-electron chi connectivity index (χ1n) is 9.39. The monoisotopic (exact) mass is 431 g/mol. The molecule has 6 nitrogen and oxygen atoms in total. The summed E-state index contributed by atoms with van der Waals surface area (Å²) in [6.07, 6.45) is 1.45. The molecule has 0 aliphatic carbocycles. The van der Waals surface area contributed by atoms with Gasteiger partial charge in [-0.05, 0) is 36.8 Å². The lowest BCUT2D eigenvalue weighted by Gasteiger charge is -2.19. The number of carbonyl (C=O) groups excluding carboxylic acids is 3. The highest BCUT2D eigenvalue weighted by Gasteiger charge is 2.36. The molecule has 2 saturated heterocycles. The Morgan fingerprint density at radius 1 is 0.966 bits per heavy atom. The summed E-state index contributed by atoms with van der Waals surface area (Å²) in [5, 5.41) is 3.70. The number of hydrogen-bond acceptors (Lipinski definition) is 3. The van der Waals surface area contributed by atoms with E-state index >= 15 is 0 Å². The number of halogens is 2. The van der Waals surface area contributed by atoms with Crippen molar-refractivity contribution < 1.29 is 14.4 Å². The second-order valence-corrected chi connectivity index (χ2v) is 7.98. The molecule has 3 amide bonds. The number of hydrogen-bond donors (Lipinski definition) is 1. The van der Waals surface area contributed by atoms with Gasteiger partial charge in [-0.3, -0.25) is 14.4 Å². The van der Waals surface area contributed by atoms with Gasteiger partial charge in [-0.25, -0.2) is 0 Å². The Morgan fingerprint density at radius 3 is 2.41 bits per heavy atom. The number of para-hydroxylation sites is 1. The molecule has 2 aromatic carbocycles. The van der Waals surface area contributed by atoms with Crippen LogP contribution >= 0.6 is 23.2 Å². The Labute approximate surface area is 178 Å². The molecule has 4 rings (SSSR count). The highest BCUT2D eigenvalue weighted by molar-refractivity contribution is 6.34. The molecular weight excluding hydrogens is 413 g/mol. The molecule has 2 fully saturated rings. The fourth-order valence-electron chi connectivity index (χ4n) is 3.74. The van der Waals surface area contributed by atoms with E-state index in [4.69, 9.17) is 23.2 Å². The van der Waals surface area contributed by atoms with Gasteiger partial charge in [-0.15, -0.1) is 0 Å². The van der Waals surface area contributed by atoms with Crippen LogP contribution in [0.5, 0.6) is 0 Å². The minimum absolute atomic E-state index is 0.0489. The van der Waals surface area contributed by atoms with E-state index in [-0.39, 0.29) is 30.7 Å². The molecule has 0 radical (unpaired) electrons. The van der Waals surface area contributed by atoms with E-state index < -0.39 is 5.92 Å². The normalized spacial score (nSPS) is 19.2. The summed E-state index contributed by atoms with van der Waals surface area (Å²) in [5.74, 6) is -0.835. The van der Waals surface area contributed by atoms with Crippen molar-refractivity contribution in [1.29, 1.82) is 0 Å². The van der Waals surface area contributed by atoms with Crippen molar-refractivity contribution in [2.24, 2.45) is 5.92 Å². The summed E-state index contributed by atoms with van der Waals surface area (Å²) >= 11 is 12.5. The van der Waals surface area contributed by atoms with Crippen LogP contribution in [0.2, 0.25) is 10.0 Å². The third kappa shape index (κ3) is 3.95. The molecule has 1 atom stereocenters. The van der Waals surface area contributed by atoms with E-state index in [1.54, 1.807) is 52.3 Å². The van der Waals surface area contributed by atoms with Gasteiger partial charge in [0, 0.05) is 31.6 Å². The summed E-state index contributed by atoms with van der Waals surface area (Å²) in [5.41, 5.74) is 1.78. The third-order valence-corrected chi connectivity index (χ3v) is 5.84. The maximum absolute atomic E-state index is 12.7. The minimum atomic E-state index is -0.489. The van der Waals surface area contributed by atoms with Gasteiger partial charge >= 0.3 is 0 Å². The molecule has 1 N–H and O–H groups in total. The van der Waals surface area contributed by atoms with E-state index in [0.717, 1.165) is 6.42 Å². The van der Waals surface area contributed by atoms with Gasteiger partial charge in [0.05, 0.1) is 27.3 Å². The number of rotatable bonds is 4. The van der Waals surface area contributed by atoms with Crippen LogP contribution in [0.25, 0.3) is 0 Å². The zero-order valence-electron chi connectivity index (χ0n) is 15.5. The van der Waals surface area contributed by atoms with Gasteiger partial charge in [0.15, 0.2) is 0 Å². The predicted molar refractivity (Wildman–Crippen MR) is 114 cm³/mol. The molecule has 0 unspecified atom stereocenters. The fraction of sp³-hybridized carbons (Fsp3) is 0.286. The van der Waals surface area contributed by atoms with Crippen LogP contribution < -0.4 is 15.1 Å². The molecule has 2 aliphatic heterocycles. The zero-order valence-corrected chi connectivity index (χ0v) is 17.0. The molecule has 29 heavy (non-hydrogen) atoms. The maximum atomic E-state index is 12.7. The molecule has 2 aliphatic rings. The van der Waals surface area contributed by atoms with Gasteiger partial charge < -0.3 is 15.1 Å². The summed E-state index contributed by atoms with van der Waals surface area (Å²) in [4.78, 5) is 40.2. The number of carbonyl (C=O) groups is 3. The molecule has 8 heteroatoms. The van der Waals surface area contributed by atoms with Crippen molar-refractivity contribution in [3.63, 3.8) is 0 Å². The number of nitrogens with one attached hydrogen (secondary N) is 1. The second-order valence-electron chi connectivity index (χ2n) is 7.16. The van der Waals surface area contributed by atoms with E-state index in [0.29, 0.717) is 40.1 Å². The number of anilines is 3. The molecule has 2 heterocycles. The minimum Gasteiger partial charge on any atom is -0.326 e. The number of nitrogens with zero attached hydrogens (tertiary/aromatic N) is 2. The zero-order chi connectivity index (χ0) is 20.5. The van der Waals surface area contributed by atoms with Gasteiger partial charge in [0.2, 0.25) is 17.7 Å². The third-order valence-electron chi connectivity index (χ3n) is 5.22. The summed E-state index contributed by atoms with van der Waals surface area (Å²) < 4.78 is 0. The Morgan fingerprint density at radius 2 is 1.72 bits per heavy atom. The summed E-state index contributed by atoms with van der Waals surface area (Å²) in [7, 11) is 0. The van der Waals surface area contributed by atoms with Crippen molar-refractivity contribution in [1.82, 2.24) is 0 Å². The standard InChI is InChI=1S/C21H19Cl2N3O3/c22-15-4-1-2-5-17(15)26-12-13(10-20(26)28)21(29)24-14-7-8-18(16(23)11-14)25-9-3-6-19(25)27/h1-2,4-5,7-8,11,13H,3,6,9-10,12H2,(H,24,29)/t13-/m0/s1. The van der Waals surface area contributed by atoms with Crippen LogP contribution in [0.3, 0.4) is 0 Å². The van der Waals surface area contributed by atoms with Crippen LogP contribution in [-0.4, -0.2) is 30.8 Å². The van der Waals surface area contributed by atoms with Crippen molar-refractivity contribution in [2.45, 2.75) is 19.3 Å². The number of amides is 3. The predicted octanol–water partition coefficient (Wildman–Crippen LogP) is 4.11. The first kappa shape index (κ1) is 19.7. The van der Waals surface area contributed by atoms with Gasteiger partial charge in [-0.1, -0.05) is 35.3 Å². The SMILES string of the molecule is O=C(Nc1ccc(N2CCCC2=O)c(Cl)c1)[C@H]1CC(=O)N(c2ccccc2Cl)C1. The van der Waals surface area contributed by atoms with Gasteiger partial charge in [0.25, 0.3) is 0 Å². The largest absolute Gasteiger partial charge is 0.326 e. The molecule has 2 aromatic rings. The van der Waals surface area contributed by atoms with Crippen molar-refractivity contribution in [2.75, 3.05) is 28.2 Å². The Balaban J connectivity index is 1.45. The Hall–Kier alpha value is -2.57. The summed E-state index contributed by atoms with van der Waals surface area (Å²) in [6.45, 7) is 0.912. The molecular formula is C21H19Cl2N3O3. The van der Waals surface area contributed by atoms with Crippen LogP contribution in [0.15, 0.2) is 42.5 Å². The quantitative estimate of drug-likeness (QED) is 0.791. The molecule has 0 bridgehead atoms. The average molecular weight is 432 g/mol. The van der Waals surface area contributed by atoms with E-state index in [1.807, 2.05) is 0 Å². The average Bonchev–Trinajstić information content (AvgIpc) is 3.28. The smallest absolute Gasteiger partial charge is 0.229 e. The highest BCUT2D eigenvalue weighted by atomic mass is 35.5. The fourth-order valence-corrected chi connectivity index (χ4v) is 4.26. The number of benzene rings is 2. The van der Waals surface area contributed by atoms with Crippen molar-refractivity contribution >= 4 is 58.0 Å². The maximum Gasteiger partial charge on any atom is 0.229 e. The molecule has 0 aromatic heterocycles. The van der Waals surface area contributed by atoms with Crippen LogP contribution in [0, 0.1) is 5.92 Å². The highest BCUT2D eigenvalue weighted by Crippen LogP contribution is 2.33. The van der Waals surface area contributed by atoms with Gasteiger partial charge in [-0.2, -0.15) is 0 Å². The lowest BCUT2D eigenvalue weighted by Crippen LogP contribution is -2.28. The molecule has 0 saturated carbocycles. The van der Waals surface area contributed by atoms with E-state index in [1.165, 1.54) is 0 Å². The van der Waals surface area contributed by atoms with E-state index in [2.05, 4.69) is 5.32 Å². The topological polar surface area (TPSA) is 69.7 Å². The first-order valence-corrected chi connectivity index (χ1v) is 10.2. The lowest BCUT2D eigenvalue weighted by atomic mass is 10.1. The van der Waals surface area contributed by atoms with Crippen LogP contribution in [-0.2, 0) is 14.4 Å². The molecule has 150 valence electrons. The Bertz CT molecular complexity index is 995. The van der Waals surface area contributed by atoms with Crippen LogP contribution in [0.1, 0.15) is 19.3 Å². The molecule has 0 spiro atoms. The lowest BCUT2D eigenvalue weighted by molar-refractivity contribution is -0.122. The second kappa shape index (κ2) is 8.05. The van der Waals surface area contributed by atoms with Gasteiger partial charge in [0.1, 0.15) is 0 Å². The van der Waals surface area contributed by atoms with Crippen LogP contribution in [0.4, 0.5) is 17.1 Å².